The first kappa shape index (κ1) is 9.58. The third-order valence-electron chi connectivity index (χ3n) is 2.39. The van der Waals surface area contributed by atoms with Crippen LogP contribution in [0.2, 0.25) is 0 Å². The Bertz CT molecular complexity index is 502. The summed E-state index contributed by atoms with van der Waals surface area (Å²) in [6.07, 6.45) is 2.53. The van der Waals surface area contributed by atoms with Gasteiger partial charge in [-0.1, -0.05) is 17.3 Å². The number of rotatable bonds is 2. The zero-order valence-electron chi connectivity index (χ0n) is 8.64. The van der Waals surface area contributed by atoms with Gasteiger partial charge in [0.05, 0.1) is 11.9 Å². The van der Waals surface area contributed by atoms with Crippen LogP contribution in [-0.2, 0) is 7.05 Å². The first-order valence-corrected chi connectivity index (χ1v) is 4.63. The summed E-state index contributed by atoms with van der Waals surface area (Å²) in [6, 6.07) is 5.57. The largest absolute Gasteiger partial charge is 0.298 e. The van der Waals surface area contributed by atoms with Crippen molar-refractivity contribution in [2.75, 3.05) is 0 Å². The van der Waals surface area contributed by atoms with Gasteiger partial charge >= 0.3 is 0 Å². The van der Waals surface area contributed by atoms with Crippen LogP contribution in [0.4, 0.5) is 0 Å². The van der Waals surface area contributed by atoms with Gasteiger partial charge < -0.3 is 0 Å². The fourth-order valence-corrected chi connectivity index (χ4v) is 1.52. The van der Waals surface area contributed by atoms with Crippen molar-refractivity contribution >= 4 is 6.29 Å². The Morgan fingerprint density at radius 1 is 1.40 bits per heavy atom. The highest BCUT2D eigenvalue weighted by Crippen LogP contribution is 2.22. The molecule has 0 saturated heterocycles. The molecule has 0 amide bonds. The zero-order valence-corrected chi connectivity index (χ0v) is 8.64. The number of benzene rings is 1. The number of hydrogen-bond donors (Lipinski definition) is 0. The van der Waals surface area contributed by atoms with E-state index < -0.39 is 0 Å². The van der Waals surface area contributed by atoms with E-state index >= 15 is 0 Å². The summed E-state index contributed by atoms with van der Waals surface area (Å²) in [5.41, 5.74) is 3.67. The van der Waals surface area contributed by atoms with E-state index in [9.17, 15) is 4.79 Å². The summed E-state index contributed by atoms with van der Waals surface area (Å²) in [5, 5.41) is 7.69. The number of hydrogen-bond acceptors (Lipinski definition) is 3. The van der Waals surface area contributed by atoms with Gasteiger partial charge in [0.1, 0.15) is 6.29 Å². The lowest BCUT2D eigenvalue weighted by molar-refractivity contribution is 0.112. The molecule has 0 radical (unpaired) electrons. The molecule has 0 bridgehead atoms. The Hall–Kier alpha value is -1.97. The second kappa shape index (κ2) is 3.65. The molecular formula is C11H11N3O. The molecule has 4 nitrogen and oxygen atoms in total. The average Bonchev–Trinajstić information content (AvgIpc) is 2.65. The van der Waals surface area contributed by atoms with Crippen molar-refractivity contribution in [2.45, 2.75) is 6.92 Å². The van der Waals surface area contributed by atoms with Gasteiger partial charge in [0, 0.05) is 18.2 Å². The Morgan fingerprint density at radius 3 is 2.80 bits per heavy atom. The van der Waals surface area contributed by atoms with Crippen LogP contribution in [0.1, 0.15) is 15.9 Å². The molecule has 0 spiro atoms. The van der Waals surface area contributed by atoms with Gasteiger partial charge in [0.15, 0.2) is 0 Å². The fourth-order valence-electron chi connectivity index (χ4n) is 1.52. The smallest absolute Gasteiger partial charge is 0.150 e. The maximum atomic E-state index is 10.7. The molecule has 1 aromatic heterocycles. The first-order chi connectivity index (χ1) is 7.22. The van der Waals surface area contributed by atoms with E-state index in [-0.39, 0.29) is 0 Å². The molecule has 0 saturated carbocycles. The summed E-state index contributed by atoms with van der Waals surface area (Å²) in [4.78, 5) is 10.7. The Morgan fingerprint density at radius 2 is 2.20 bits per heavy atom. The molecular weight excluding hydrogens is 190 g/mol. The van der Waals surface area contributed by atoms with E-state index in [0.717, 1.165) is 23.1 Å². The third kappa shape index (κ3) is 1.66. The van der Waals surface area contributed by atoms with E-state index in [0.29, 0.717) is 5.56 Å². The number of aromatic nitrogens is 3. The van der Waals surface area contributed by atoms with E-state index in [1.54, 1.807) is 16.9 Å². The maximum absolute atomic E-state index is 10.7. The van der Waals surface area contributed by atoms with Crippen molar-refractivity contribution in [3.05, 3.63) is 35.5 Å². The molecule has 0 fully saturated rings. The van der Waals surface area contributed by atoms with E-state index in [4.69, 9.17) is 0 Å². The van der Waals surface area contributed by atoms with Gasteiger partial charge in [-0.15, -0.1) is 5.10 Å². The molecule has 15 heavy (non-hydrogen) atoms. The molecule has 0 aliphatic rings. The second-order valence-electron chi connectivity index (χ2n) is 3.44. The molecule has 2 rings (SSSR count). The highest BCUT2D eigenvalue weighted by Gasteiger charge is 2.07. The molecule has 1 heterocycles. The number of aldehydes is 1. The topological polar surface area (TPSA) is 47.8 Å². The standard InChI is InChI=1S/C11H11N3O/c1-8-3-4-9(7-15)5-10(8)11-6-12-13-14(11)2/h3-7H,1-2H3. The molecule has 0 atom stereocenters. The summed E-state index contributed by atoms with van der Waals surface area (Å²) in [7, 11) is 1.83. The van der Waals surface area contributed by atoms with Gasteiger partial charge in [-0.25, -0.2) is 4.68 Å². The lowest BCUT2D eigenvalue weighted by Crippen LogP contribution is -1.96. The first-order valence-electron chi connectivity index (χ1n) is 4.63. The lowest BCUT2D eigenvalue weighted by Gasteiger charge is -2.05. The van der Waals surface area contributed by atoms with Crippen LogP contribution >= 0.6 is 0 Å². The highest BCUT2D eigenvalue weighted by molar-refractivity contribution is 5.79. The maximum Gasteiger partial charge on any atom is 0.150 e. The van der Waals surface area contributed by atoms with E-state index in [1.807, 2.05) is 26.1 Å². The second-order valence-corrected chi connectivity index (χ2v) is 3.44. The number of nitrogens with zero attached hydrogens (tertiary/aromatic N) is 3. The van der Waals surface area contributed by atoms with Crippen LogP contribution in [0.25, 0.3) is 11.3 Å². The minimum absolute atomic E-state index is 0.664. The average molecular weight is 201 g/mol. The molecule has 0 unspecified atom stereocenters. The quantitative estimate of drug-likeness (QED) is 0.693. The highest BCUT2D eigenvalue weighted by atomic mass is 16.1. The summed E-state index contributed by atoms with van der Waals surface area (Å²) >= 11 is 0. The van der Waals surface area contributed by atoms with Gasteiger partial charge in [-0.2, -0.15) is 0 Å². The van der Waals surface area contributed by atoms with Gasteiger partial charge in [-0.3, -0.25) is 4.79 Å². The predicted molar refractivity (Wildman–Crippen MR) is 56.6 cm³/mol. The van der Waals surface area contributed by atoms with Crippen LogP contribution in [0.15, 0.2) is 24.4 Å². The van der Waals surface area contributed by atoms with Crippen molar-refractivity contribution < 1.29 is 4.79 Å². The lowest BCUT2D eigenvalue weighted by atomic mass is 10.0. The summed E-state index contributed by atoms with van der Waals surface area (Å²) in [6.45, 7) is 2.00. The van der Waals surface area contributed by atoms with Gasteiger partial charge in [0.25, 0.3) is 0 Å². The van der Waals surface area contributed by atoms with Gasteiger partial charge in [0.2, 0.25) is 0 Å². The molecule has 0 aliphatic carbocycles. The third-order valence-corrected chi connectivity index (χ3v) is 2.39. The fraction of sp³-hybridized carbons (Fsp3) is 0.182. The number of aryl methyl sites for hydroxylation is 2. The van der Waals surface area contributed by atoms with Crippen molar-refractivity contribution in [2.24, 2.45) is 7.05 Å². The normalized spacial score (nSPS) is 10.3. The monoisotopic (exact) mass is 201 g/mol. The number of carbonyl (C=O) groups excluding carboxylic acids is 1. The van der Waals surface area contributed by atoms with Crippen molar-refractivity contribution in [3.8, 4) is 11.3 Å². The summed E-state index contributed by atoms with van der Waals surface area (Å²) < 4.78 is 1.69. The molecule has 0 aliphatic heterocycles. The minimum Gasteiger partial charge on any atom is -0.298 e. The molecule has 2 aromatic rings. The zero-order chi connectivity index (χ0) is 10.8. The van der Waals surface area contributed by atoms with Crippen molar-refractivity contribution in [1.29, 1.82) is 0 Å². The SMILES string of the molecule is Cc1ccc(C=O)cc1-c1cnnn1C. The van der Waals surface area contributed by atoms with Crippen LogP contribution in [0.5, 0.6) is 0 Å². The van der Waals surface area contributed by atoms with Crippen molar-refractivity contribution in [1.82, 2.24) is 15.0 Å². The van der Waals surface area contributed by atoms with Crippen LogP contribution in [0, 0.1) is 6.92 Å². The Kier molecular flexibility index (Phi) is 2.33. The Labute approximate surface area is 87.5 Å². The van der Waals surface area contributed by atoms with Gasteiger partial charge in [-0.05, 0) is 18.6 Å². The minimum atomic E-state index is 0.664. The van der Waals surface area contributed by atoms with Crippen LogP contribution < -0.4 is 0 Å². The molecule has 0 N–H and O–H groups in total. The number of carbonyl (C=O) groups is 1. The van der Waals surface area contributed by atoms with Crippen molar-refractivity contribution in [3.63, 3.8) is 0 Å². The van der Waals surface area contributed by atoms with Crippen LogP contribution in [0.3, 0.4) is 0 Å². The van der Waals surface area contributed by atoms with E-state index in [1.165, 1.54) is 0 Å². The molecule has 1 aromatic carbocycles. The molecule has 4 heteroatoms. The Balaban J connectivity index is 2.61. The summed E-state index contributed by atoms with van der Waals surface area (Å²) in [5.74, 6) is 0. The molecule has 76 valence electrons. The van der Waals surface area contributed by atoms with E-state index in [2.05, 4.69) is 10.3 Å². The predicted octanol–water partition coefficient (Wildman–Crippen LogP) is 1.60. The van der Waals surface area contributed by atoms with Crippen LogP contribution in [-0.4, -0.2) is 21.3 Å².